The molecule has 1 aliphatic rings. The zero-order chi connectivity index (χ0) is 14.0. The van der Waals surface area contributed by atoms with Gasteiger partial charge in [-0.1, -0.05) is 28.1 Å². The van der Waals surface area contributed by atoms with Gasteiger partial charge in [-0.15, -0.1) is 0 Å². The summed E-state index contributed by atoms with van der Waals surface area (Å²) < 4.78 is 0.799. The molecule has 0 heterocycles. The van der Waals surface area contributed by atoms with Crippen molar-refractivity contribution in [3.63, 3.8) is 0 Å². The van der Waals surface area contributed by atoms with Crippen molar-refractivity contribution in [2.24, 2.45) is 5.92 Å². The highest BCUT2D eigenvalue weighted by Crippen LogP contribution is 2.21. The highest BCUT2D eigenvalue weighted by molar-refractivity contribution is 9.10. The summed E-state index contributed by atoms with van der Waals surface area (Å²) in [6, 6.07) is 4.74. The van der Waals surface area contributed by atoms with Gasteiger partial charge in [-0.3, -0.25) is 9.59 Å². The molecule has 5 nitrogen and oxygen atoms in total. The van der Waals surface area contributed by atoms with Gasteiger partial charge in [0.25, 0.3) is 5.91 Å². The van der Waals surface area contributed by atoms with E-state index in [4.69, 9.17) is 10.8 Å². The minimum Gasteiger partial charge on any atom is -0.481 e. The number of nitrogen functional groups attached to an aromatic ring is 1. The van der Waals surface area contributed by atoms with E-state index in [1.807, 2.05) is 0 Å². The van der Waals surface area contributed by atoms with Gasteiger partial charge in [-0.2, -0.15) is 0 Å². The second kappa shape index (κ2) is 5.44. The molecule has 0 aliphatic heterocycles. The molecule has 2 rings (SSSR count). The first-order chi connectivity index (χ1) is 8.97. The van der Waals surface area contributed by atoms with Crippen LogP contribution in [-0.4, -0.2) is 23.0 Å². The topological polar surface area (TPSA) is 92.4 Å². The van der Waals surface area contributed by atoms with E-state index in [1.54, 1.807) is 30.4 Å². The van der Waals surface area contributed by atoms with E-state index in [1.165, 1.54) is 0 Å². The van der Waals surface area contributed by atoms with Crippen molar-refractivity contribution in [1.82, 2.24) is 5.32 Å². The first-order valence-corrected chi connectivity index (χ1v) is 6.53. The summed E-state index contributed by atoms with van der Waals surface area (Å²) in [4.78, 5) is 22.8. The number of amides is 1. The third-order valence-electron chi connectivity index (χ3n) is 2.98. The fraction of sp³-hybridized carbons (Fsp3) is 0.231. The third-order valence-corrected chi connectivity index (χ3v) is 3.47. The quantitative estimate of drug-likeness (QED) is 0.583. The molecule has 0 bridgehead atoms. The van der Waals surface area contributed by atoms with Crippen LogP contribution < -0.4 is 11.1 Å². The molecule has 1 aliphatic carbocycles. The average Bonchev–Trinajstić information content (AvgIpc) is 2.77. The highest BCUT2D eigenvalue weighted by Gasteiger charge is 2.25. The minimum absolute atomic E-state index is 0.267. The molecule has 2 unspecified atom stereocenters. The second-order valence-electron chi connectivity index (χ2n) is 4.38. The van der Waals surface area contributed by atoms with E-state index in [9.17, 15) is 9.59 Å². The number of rotatable bonds is 3. The van der Waals surface area contributed by atoms with Crippen LogP contribution in [0.15, 0.2) is 34.8 Å². The lowest BCUT2D eigenvalue weighted by molar-refractivity contribution is -0.140. The SMILES string of the molecule is Nc1cc(Br)ccc1C(=O)NC1C=CC(C(=O)O)C1. The zero-order valence-electron chi connectivity index (χ0n) is 9.97. The fourth-order valence-corrected chi connectivity index (χ4v) is 2.35. The Bertz CT molecular complexity index is 557. The molecular weight excluding hydrogens is 312 g/mol. The summed E-state index contributed by atoms with van der Waals surface area (Å²) in [7, 11) is 0. The number of carbonyl (C=O) groups excluding carboxylic acids is 1. The number of carbonyl (C=O) groups is 2. The van der Waals surface area contributed by atoms with E-state index in [-0.39, 0.29) is 11.9 Å². The Balaban J connectivity index is 2.03. The molecule has 2 atom stereocenters. The summed E-state index contributed by atoms with van der Waals surface area (Å²) >= 11 is 3.27. The van der Waals surface area contributed by atoms with E-state index < -0.39 is 11.9 Å². The largest absolute Gasteiger partial charge is 0.481 e. The van der Waals surface area contributed by atoms with E-state index in [0.717, 1.165) is 4.47 Å². The molecule has 0 saturated heterocycles. The van der Waals surface area contributed by atoms with E-state index in [2.05, 4.69) is 21.2 Å². The van der Waals surface area contributed by atoms with Gasteiger partial charge in [-0.05, 0) is 24.6 Å². The molecule has 0 aromatic heterocycles. The van der Waals surface area contributed by atoms with Gasteiger partial charge in [0.2, 0.25) is 0 Å². The highest BCUT2D eigenvalue weighted by atomic mass is 79.9. The Hall–Kier alpha value is -1.82. The van der Waals surface area contributed by atoms with E-state index >= 15 is 0 Å². The number of hydrogen-bond donors (Lipinski definition) is 3. The minimum atomic E-state index is -0.879. The number of nitrogens with two attached hydrogens (primary N) is 1. The molecule has 1 amide bonds. The van der Waals surface area contributed by atoms with Crippen LogP contribution in [-0.2, 0) is 4.79 Å². The number of nitrogens with one attached hydrogen (secondary N) is 1. The molecule has 0 fully saturated rings. The molecule has 1 aromatic rings. The lowest BCUT2D eigenvalue weighted by Gasteiger charge is -2.13. The maximum absolute atomic E-state index is 12.0. The van der Waals surface area contributed by atoms with Gasteiger partial charge >= 0.3 is 5.97 Å². The number of hydrogen-bond acceptors (Lipinski definition) is 3. The first-order valence-electron chi connectivity index (χ1n) is 5.74. The standard InChI is InChI=1S/C13H13BrN2O3/c14-8-2-4-10(11(15)6-8)12(17)16-9-3-1-7(5-9)13(18)19/h1-4,6-7,9H,5,15H2,(H,16,17)(H,18,19). The monoisotopic (exact) mass is 324 g/mol. The summed E-state index contributed by atoms with van der Waals surface area (Å²) in [5.74, 6) is -1.71. The molecule has 0 saturated carbocycles. The Morgan fingerprint density at radius 3 is 2.68 bits per heavy atom. The second-order valence-corrected chi connectivity index (χ2v) is 5.29. The van der Waals surface area contributed by atoms with Crippen molar-refractivity contribution in [2.75, 3.05) is 5.73 Å². The van der Waals surface area contributed by atoms with Crippen molar-refractivity contribution in [3.8, 4) is 0 Å². The molecule has 19 heavy (non-hydrogen) atoms. The van der Waals surface area contributed by atoms with Crippen LogP contribution in [0.1, 0.15) is 16.8 Å². The van der Waals surface area contributed by atoms with Gasteiger partial charge in [0.15, 0.2) is 0 Å². The maximum atomic E-state index is 12.0. The molecule has 6 heteroatoms. The molecule has 1 aromatic carbocycles. The normalized spacial score (nSPS) is 21.3. The molecule has 4 N–H and O–H groups in total. The van der Waals surface area contributed by atoms with Crippen LogP contribution in [0.3, 0.4) is 0 Å². The zero-order valence-corrected chi connectivity index (χ0v) is 11.6. The van der Waals surface area contributed by atoms with Crippen LogP contribution in [0, 0.1) is 5.92 Å². The number of anilines is 1. The summed E-state index contributed by atoms with van der Waals surface area (Å²) in [5.41, 5.74) is 6.53. The van der Waals surface area contributed by atoms with Gasteiger partial charge in [0.05, 0.1) is 11.5 Å². The maximum Gasteiger partial charge on any atom is 0.310 e. The van der Waals surface area contributed by atoms with Crippen LogP contribution >= 0.6 is 15.9 Å². The molecule has 0 radical (unpaired) electrons. The molecule has 0 spiro atoms. The predicted octanol–water partition coefficient (Wildman–Crippen LogP) is 1.79. The third kappa shape index (κ3) is 3.14. The Labute approximate surface area is 118 Å². The summed E-state index contributed by atoms with van der Waals surface area (Å²) in [6.07, 6.45) is 3.67. The first kappa shape index (κ1) is 13.6. The van der Waals surface area contributed by atoms with E-state index in [0.29, 0.717) is 17.7 Å². The van der Waals surface area contributed by atoms with Crippen LogP contribution in [0.25, 0.3) is 0 Å². The molecule has 100 valence electrons. The van der Waals surface area contributed by atoms with Gasteiger partial charge in [0, 0.05) is 16.2 Å². The molecular formula is C13H13BrN2O3. The summed E-state index contributed by atoms with van der Waals surface area (Å²) in [6.45, 7) is 0. The number of benzene rings is 1. The van der Waals surface area contributed by atoms with Crippen LogP contribution in [0.5, 0.6) is 0 Å². The number of halogens is 1. The van der Waals surface area contributed by atoms with Crippen LogP contribution in [0.2, 0.25) is 0 Å². The lowest BCUT2D eigenvalue weighted by atomic mass is 10.1. The Morgan fingerprint density at radius 1 is 1.37 bits per heavy atom. The van der Waals surface area contributed by atoms with Crippen molar-refractivity contribution in [3.05, 3.63) is 40.4 Å². The van der Waals surface area contributed by atoms with Crippen molar-refractivity contribution < 1.29 is 14.7 Å². The number of aliphatic carboxylic acids is 1. The van der Waals surface area contributed by atoms with Crippen molar-refractivity contribution in [1.29, 1.82) is 0 Å². The van der Waals surface area contributed by atoms with Gasteiger partial charge in [-0.25, -0.2) is 0 Å². The van der Waals surface area contributed by atoms with Gasteiger partial charge in [0.1, 0.15) is 0 Å². The van der Waals surface area contributed by atoms with Gasteiger partial charge < -0.3 is 16.2 Å². The van der Waals surface area contributed by atoms with Crippen molar-refractivity contribution >= 4 is 33.5 Å². The average molecular weight is 325 g/mol. The fourth-order valence-electron chi connectivity index (χ4n) is 1.98. The smallest absolute Gasteiger partial charge is 0.310 e. The summed E-state index contributed by atoms with van der Waals surface area (Å²) in [5, 5.41) is 11.6. The van der Waals surface area contributed by atoms with Crippen molar-refractivity contribution in [2.45, 2.75) is 12.5 Å². The number of carboxylic acids is 1. The predicted molar refractivity (Wildman–Crippen MR) is 74.7 cm³/mol. The Morgan fingerprint density at radius 2 is 2.11 bits per heavy atom. The Kier molecular flexibility index (Phi) is 3.90. The lowest BCUT2D eigenvalue weighted by Crippen LogP contribution is -2.33. The number of carboxylic acid groups (broad SMARTS) is 1. The van der Waals surface area contributed by atoms with Crippen LogP contribution in [0.4, 0.5) is 5.69 Å².